The molecule has 1 aromatic heterocycles. The van der Waals surface area contributed by atoms with Crippen molar-refractivity contribution in [3.8, 4) is 11.5 Å². The van der Waals surface area contributed by atoms with E-state index < -0.39 is 10.0 Å². The number of thiazole rings is 1. The first-order valence-electron chi connectivity index (χ1n) is 7.16. The molecule has 2 aromatic carbocycles. The zero-order valence-electron chi connectivity index (χ0n) is 13.8. The third kappa shape index (κ3) is 3.68. The lowest BCUT2D eigenvalue weighted by atomic mass is 10.3. The molecule has 0 spiro atoms. The molecule has 3 rings (SSSR count). The van der Waals surface area contributed by atoms with Gasteiger partial charge in [0.05, 0.1) is 30.1 Å². The first-order chi connectivity index (χ1) is 12.0. The maximum absolute atomic E-state index is 12.8. The highest BCUT2D eigenvalue weighted by molar-refractivity contribution is 8.00. The number of nitrogens with zero attached hydrogens (tertiary/aromatic N) is 1. The Morgan fingerprint density at radius 2 is 1.92 bits per heavy atom. The number of nitrogens with one attached hydrogen (secondary N) is 1. The van der Waals surface area contributed by atoms with E-state index in [1.165, 1.54) is 31.6 Å². The fraction of sp³-hybridized carbons (Fsp3) is 0.188. The summed E-state index contributed by atoms with van der Waals surface area (Å²) in [5.41, 5.74) is 1.31. The van der Waals surface area contributed by atoms with E-state index in [1.807, 2.05) is 6.26 Å². The molecule has 9 heteroatoms. The lowest BCUT2D eigenvalue weighted by Gasteiger charge is -2.12. The highest BCUT2D eigenvalue weighted by Crippen LogP contribution is 2.32. The minimum absolute atomic E-state index is 0.0172. The minimum Gasteiger partial charge on any atom is -0.497 e. The molecule has 0 radical (unpaired) electrons. The van der Waals surface area contributed by atoms with Crippen molar-refractivity contribution in [2.45, 2.75) is 9.24 Å². The average molecular weight is 397 g/mol. The highest BCUT2D eigenvalue weighted by Gasteiger charge is 2.21. The number of benzene rings is 2. The van der Waals surface area contributed by atoms with Crippen LogP contribution in [0.5, 0.6) is 11.5 Å². The Hall–Kier alpha value is -1.97. The number of rotatable bonds is 6. The molecule has 0 fully saturated rings. The lowest BCUT2D eigenvalue weighted by Crippen LogP contribution is -2.14. The normalized spacial score (nSPS) is 11.5. The van der Waals surface area contributed by atoms with Crippen molar-refractivity contribution in [2.24, 2.45) is 0 Å². The predicted octanol–water partition coefficient (Wildman–Crippen LogP) is 3.84. The first kappa shape index (κ1) is 17.8. The summed E-state index contributed by atoms with van der Waals surface area (Å²) in [6, 6.07) is 9.90. The van der Waals surface area contributed by atoms with Crippen molar-refractivity contribution in [1.82, 2.24) is 4.98 Å². The number of hydrogen-bond acceptors (Lipinski definition) is 7. The number of sulfonamides is 1. The Labute approximate surface area is 154 Å². The van der Waals surface area contributed by atoms with E-state index in [-0.39, 0.29) is 10.6 Å². The number of hydrogen-bond donors (Lipinski definition) is 1. The van der Waals surface area contributed by atoms with Crippen molar-refractivity contribution in [1.29, 1.82) is 0 Å². The van der Waals surface area contributed by atoms with Crippen molar-refractivity contribution in [3.63, 3.8) is 0 Å². The Bertz CT molecular complexity index is 1020. The van der Waals surface area contributed by atoms with Crippen LogP contribution in [0.25, 0.3) is 10.2 Å². The SMILES string of the molecule is COc1ccc(OC)c(S(=O)(=O)Nc2ccc3nc(SC)sc3c2)c1. The number of anilines is 1. The smallest absolute Gasteiger partial charge is 0.265 e. The molecule has 6 nitrogen and oxygen atoms in total. The second-order valence-corrected chi connectivity index (χ2v) is 8.72. The molecule has 1 N–H and O–H groups in total. The summed E-state index contributed by atoms with van der Waals surface area (Å²) in [4.78, 5) is 4.46. The number of thioether (sulfide) groups is 1. The van der Waals surface area contributed by atoms with Crippen molar-refractivity contribution >= 4 is 49.0 Å². The molecular weight excluding hydrogens is 380 g/mol. The van der Waals surface area contributed by atoms with Gasteiger partial charge in [0.15, 0.2) is 4.34 Å². The van der Waals surface area contributed by atoms with Gasteiger partial charge in [-0.25, -0.2) is 13.4 Å². The van der Waals surface area contributed by atoms with E-state index in [1.54, 1.807) is 42.1 Å². The van der Waals surface area contributed by atoms with Crippen LogP contribution < -0.4 is 14.2 Å². The summed E-state index contributed by atoms with van der Waals surface area (Å²) >= 11 is 3.08. The van der Waals surface area contributed by atoms with E-state index in [9.17, 15) is 8.42 Å². The van der Waals surface area contributed by atoms with Gasteiger partial charge in [-0.05, 0) is 36.6 Å². The van der Waals surface area contributed by atoms with Crippen molar-refractivity contribution in [3.05, 3.63) is 36.4 Å². The fourth-order valence-corrected chi connectivity index (χ4v) is 5.02. The summed E-state index contributed by atoms with van der Waals surface area (Å²) in [7, 11) is -0.928. The molecule has 0 aliphatic heterocycles. The van der Waals surface area contributed by atoms with E-state index in [2.05, 4.69) is 9.71 Å². The summed E-state index contributed by atoms with van der Waals surface area (Å²) in [5.74, 6) is 0.681. The molecule has 0 bridgehead atoms. The van der Waals surface area contributed by atoms with Gasteiger partial charge < -0.3 is 9.47 Å². The molecule has 132 valence electrons. The lowest BCUT2D eigenvalue weighted by molar-refractivity contribution is 0.392. The van der Waals surface area contributed by atoms with Gasteiger partial charge in [-0.2, -0.15) is 0 Å². The third-order valence-electron chi connectivity index (χ3n) is 3.46. The quantitative estimate of drug-likeness (QED) is 0.638. The molecule has 0 aliphatic rings. The monoisotopic (exact) mass is 396 g/mol. The Morgan fingerprint density at radius 1 is 1.12 bits per heavy atom. The van der Waals surface area contributed by atoms with Gasteiger partial charge in [-0.1, -0.05) is 11.8 Å². The van der Waals surface area contributed by atoms with Crippen molar-refractivity contribution in [2.75, 3.05) is 25.2 Å². The zero-order valence-corrected chi connectivity index (χ0v) is 16.2. The predicted molar refractivity (Wildman–Crippen MR) is 102 cm³/mol. The molecule has 25 heavy (non-hydrogen) atoms. The number of fused-ring (bicyclic) bond motifs is 1. The fourth-order valence-electron chi connectivity index (χ4n) is 2.26. The molecule has 0 saturated carbocycles. The van der Waals surface area contributed by atoms with Crippen LogP contribution in [0.1, 0.15) is 0 Å². The molecule has 0 amide bonds. The summed E-state index contributed by atoms with van der Waals surface area (Å²) in [6.45, 7) is 0. The Kier molecular flexibility index (Phi) is 5.07. The van der Waals surface area contributed by atoms with Crippen LogP contribution in [-0.2, 0) is 10.0 Å². The topological polar surface area (TPSA) is 77.5 Å². The van der Waals surface area contributed by atoms with Crippen LogP contribution in [0.15, 0.2) is 45.6 Å². The maximum Gasteiger partial charge on any atom is 0.265 e. The maximum atomic E-state index is 12.8. The second-order valence-electron chi connectivity index (χ2n) is 4.99. The zero-order chi connectivity index (χ0) is 18.0. The third-order valence-corrected chi connectivity index (χ3v) is 6.86. The molecule has 1 heterocycles. The van der Waals surface area contributed by atoms with Crippen LogP contribution in [-0.4, -0.2) is 33.9 Å². The molecule has 0 aliphatic carbocycles. The number of methoxy groups -OCH3 is 2. The van der Waals surface area contributed by atoms with Gasteiger partial charge in [0.25, 0.3) is 10.0 Å². The van der Waals surface area contributed by atoms with Crippen LogP contribution in [0.2, 0.25) is 0 Å². The van der Waals surface area contributed by atoms with Gasteiger partial charge >= 0.3 is 0 Å². The Morgan fingerprint density at radius 3 is 2.60 bits per heavy atom. The molecule has 0 atom stereocenters. The van der Waals surface area contributed by atoms with Crippen LogP contribution >= 0.6 is 23.1 Å². The average Bonchev–Trinajstić information content (AvgIpc) is 3.03. The van der Waals surface area contributed by atoms with Crippen LogP contribution in [0.3, 0.4) is 0 Å². The van der Waals surface area contributed by atoms with E-state index >= 15 is 0 Å². The van der Waals surface area contributed by atoms with E-state index in [0.29, 0.717) is 11.4 Å². The second kappa shape index (κ2) is 7.11. The van der Waals surface area contributed by atoms with Gasteiger partial charge in [0.2, 0.25) is 0 Å². The first-order valence-corrected chi connectivity index (χ1v) is 10.7. The minimum atomic E-state index is -3.83. The summed E-state index contributed by atoms with van der Waals surface area (Å²) < 4.78 is 40.3. The largest absolute Gasteiger partial charge is 0.497 e. The van der Waals surface area contributed by atoms with Gasteiger partial charge in [-0.3, -0.25) is 4.72 Å². The number of aromatic nitrogens is 1. The van der Waals surface area contributed by atoms with Gasteiger partial charge in [-0.15, -0.1) is 11.3 Å². The van der Waals surface area contributed by atoms with E-state index in [0.717, 1.165) is 14.6 Å². The summed E-state index contributed by atoms with van der Waals surface area (Å²) in [6.07, 6.45) is 1.95. The molecular formula is C16H16N2O4S3. The summed E-state index contributed by atoms with van der Waals surface area (Å²) in [5, 5.41) is 0. The Balaban J connectivity index is 1.98. The van der Waals surface area contributed by atoms with E-state index in [4.69, 9.17) is 9.47 Å². The van der Waals surface area contributed by atoms with Crippen LogP contribution in [0.4, 0.5) is 5.69 Å². The number of ether oxygens (including phenoxy) is 2. The molecule has 0 saturated heterocycles. The van der Waals surface area contributed by atoms with Crippen molar-refractivity contribution < 1.29 is 17.9 Å². The molecule has 0 unspecified atom stereocenters. The van der Waals surface area contributed by atoms with Crippen LogP contribution in [0, 0.1) is 0 Å². The standard InChI is InChI=1S/C16H16N2O4S3/c1-21-11-5-7-13(22-2)15(9-11)25(19,20)18-10-4-6-12-14(8-10)24-16(17-12)23-3/h4-9,18H,1-3H3. The highest BCUT2D eigenvalue weighted by atomic mass is 32.2. The van der Waals surface area contributed by atoms with Gasteiger partial charge in [0, 0.05) is 6.07 Å². The molecule has 3 aromatic rings. The van der Waals surface area contributed by atoms with Gasteiger partial charge in [0.1, 0.15) is 16.4 Å².